The summed E-state index contributed by atoms with van der Waals surface area (Å²) in [5.41, 5.74) is -0.223. The number of hydrogen-bond donors (Lipinski definition) is 1. The van der Waals surface area contributed by atoms with Crippen LogP contribution in [0.3, 0.4) is 0 Å². The summed E-state index contributed by atoms with van der Waals surface area (Å²) in [5.74, 6) is -3.95. The van der Waals surface area contributed by atoms with Gasteiger partial charge in [-0.2, -0.15) is 0 Å². The fourth-order valence-corrected chi connectivity index (χ4v) is 3.43. The van der Waals surface area contributed by atoms with E-state index >= 15 is 0 Å². The van der Waals surface area contributed by atoms with Crippen molar-refractivity contribution in [3.05, 3.63) is 65.2 Å². The minimum Gasteiger partial charge on any atom is -0.454 e. The third kappa shape index (κ3) is 5.41. The maximum Gasteiger partial charge on any atom is 0.338 e. The topological polar surface area (TPSA) is 89.5 Å². The lowest BCUT2D eigenvalue weighted by Gasteiger charge is -2.10. The van der Waals surface area contributed by atoms with Gasteiger partial charge in [-0.3, -0.25) is 4.79 Å². The molecule has 144 valence electrons. The molecule has 0 aliphatic carbocycles. The molecule has 0 amide bonds. The standard InChI is InChI=1S/C18H17F2NO5S/c1-11(2)21-27(24,25)14-5-3-4-13(8-14)18(23)26-10-17(22)12-6-7-15(19)16(20)9-12/h3-9,11,21H,10H2,1-2H3. The van der Waals surface area contributed by atoms with Crippen LogP contribution in [0.25, 0.3) is 0 Å². The van der Waals surface area contributed by atoms with Gasteiger partial charge in [-0.15, -0.1) is 0 Å². The summed E-state index contributed by atoms with van der Waals surface area (Å²) in [7, 11) is -3.80. The summed E-state index contributed by atoms with van der Waals surface area (Å²) in [6.07, 6.45) is 0. The number of esters is 1. The van der Waals surface area contributed by atoms with E-state index in [0.717, 1.165) is 18.2 Å². The monoisotopic (exact) mass is 397 g/mol. The second-order valence-electron chi connectivity index (χ2n) is 5.93. The van der Waals surface area contributed by atoms with E-state index in [2.05, 4.69) is 4.72 Å². The molecule has 9 heteroatoms. The van der Waals surface area contributed by atoms with Crippen LogP contribution in [0.5, 0.6) is 0 Å². The molecule has 0 aliphatic heterocycles. The first kappa shape index (κ1) is 20.7. The fourth-order valence-electron chi connectivity index (χ4n) is 2.14. The molecule has 0 radical (unpaired) electrons. The van der Waals surface area contributed by atoms with Crippen molar-refractivity contribution in [3.8, 4) is 0 Å². The van der Waals surface area contributed by atoms with E-state index < -0.39 is 40.0 Å². The Balaban J connectivity index is 2.09. The first-order valence-corrected chi connectivity index (χ1v) is 9.36. The average molecular weight is 397 g/mol. The summed E-state index contributed by atoms with van der Waals surface area (Å²) in [4.78, 5) is 23.9. The predicted octanol–water partition coefficient (Wildman–Crippen LogP) is 2.69. The van der Waals surface area contributed by atoms with Crippen molar-refractivity contribution < 1.29 is 31.5 Å². The second kappa shape index (κ2) is 8.36. The van der Waals surface area contributed by atoms with Gasteiger partial charge < -0.3 is 4.74 Å². The van der Waals surface area contributed by atoms with Gasteiger partial charge >= 0.3 is 5.97 Å². The Bertz CT molecular complexity index is 973. The molecule has 0 bridgehead atoms. The number of sulfonamides is 1. The number of ether oxygens (including phenoxy) is 1. The highest BCUT2D eigenvalue weighted by atomic mass is 32.2. The van der Waals surface area contributed by atoms with Crippen LogP contribution >= 0.6 is 0 Å². The smallest absolute Gasteiger partial charge is 0.338 e. The van der Waals surface area contributed by atoms with Crippen LogP contribution in [0.4, 0.5) is 8.78 Å². The van der Waals surface area contributed by atoms with E-state index in [4.69, 9.17) is 4.74 Å². The first-order chi connectivity index (χ1) is 12.6. The summed E-state index contributed by atoms with van der Waals surface area (Å²) in [6.45, 7) is 2.60. The van der Waals surface area contributed by atoms with Gasteiger partial charge in [0.05, 0.1) is 10.5 Å². The van der Waals surface area contributed by atoms with Crippen LogP contribution in [0.15, 0.2) is 47.4 Å². The van der Waals surface area contributed by atoms with E-state index in [1.54, 1.807) is 13.8 Å². The number of halogens is 2. The molecule has 2 rings (SSSR count). The maximum atomic E-state index is 13.2. The molecular weight excluding hydrogens is 380 g/mol. The van der Waals surface area contributed by atoms with Crippen molar-refractivity contribution >= 4 is 21.8 Å². The van der Waals surface area contributed by atoms with Crippen molar-refractivity contribution in [1.29, 1.82) is 0 Å². The van der Waals surface area contributed by atoms with E-state index in [-0.39, 0.29) is 22.1 Å². The van der Waals surface area contributed by atoms with Crippen molar-refractivity contribution in [2.24, 2.45) is 0 Å². The molecule has 0 unspecified atom stereocenters. The number of hydrogen-bond acceptors (Lipinski definition) is 5. The highest BCUT2D eigenvalue weighted by Crippen LogP contribution is 2.14. The quantitative estimate of drug-likeness (QED) is 0.573. The molecule has 6 nitrogen and oxygen atoms in total. The molecule has 0 aliphatic rings. The summed E-state index contributed by atoms with van der Waals surface area (Å²) >= 11 is 0. The predicted molar refractivity (Wildman–Crippen MR) is 92.9 cm³/mol. The second-order valence-corrected chi connectivity index (χ2v) is 7.65. The Morgan fingerprint density at radius 1 is 1.04 bits per heavy atom. The highest BCUT2D eigenvalue weighted by molar-refractivity contribution is 7.89. The summed E-state index contributed by atoms with van der Waals surface area (Å²) in [5, 5.41) is 0. The van der Waals surface area contributed by atoms with Crippen LogP contribution in [0, 0.1) is 11.6 Å². The van der Waals surface area contributed by atoms with E-state index in [1.807, 2.05) is 0 Å². The molecule has 0 heterocycles. The first-order valence-electron chi connectivity index (χ1n) is 7.88. The third-order valence-corrected chi connectivity index (χ3v) is 5.00. The minimum absolute atomic E-state index is 0.0697. The Labute approximate surface area is 155 Å². The Morgan fingerprint density at radius 2 is 1.74 bits per heavy atom. The number of rotatable bonds is 7. The maximum absolute atomic E-state index is 13.2. The zero-order valence-electron chi connectivity index (χ0n) is 14.5. The largest absolute Gasteiger partial charge is 0.454 e. The molecule has 0 atom stereocenters. The lowest BCUT2D eigenvalue weighted by atomic mass is 10.1. The Kier molecular flexibility index (Phi) is 6.40. The zero-order valence-corrected chi connectivity index (χ0v) is 15.3. The van der Waals surface area contributed by atoms with Gasteiger partial charge in [0, 0.05) is 11.6 Å². The van der Waals surface area contributed by atoms with Crippen molar-refractivity contribution in [1.82, 2.24) is 4.72 Å². The number of benzene rings is 2. The van der Waals surface area contributed by atoms with E-state index in [0.29, 0.717) is 6.07 Å². The van der Waals surface area contributed by atoms with Gasteiger partial charge in [-0.1, -0.05) is 6.07 Å². The van der Waals surface area contributed by atoms with E-state index in [9.17, 15) is 26.8 Å². The van der Waals surface area contributed by atoms with Gasteiger partial charge in [-0.05, 0) is 50.2 Å². The molecule has 0 fully saturated rings. The summed E-state index contributed by atoms with van der Waals surface area (Å²) < 4.78 is 57.6. The summed E-state index contributed by atoms with van der Waals surface area (Å²) in [6, 6.07) is 7.36. The van der Waals surface area contributed by atoms with Crippen LogP contribution in [-0.4, -0.2) is 32.8 Å². The van der Waals surface area contributed by atoms with Gasteiger partial charge in [0.1, 0.15) is 0 Å². The van der Waals surface area contributed by atoms with Crippen molar-refractivity contribution in [2.75, 3.05) is 6.61 Å². The van der Waals surface area contributed by atoms with Gasteiger partial charge in [0.15, 0.2) is 24.0 Å². The number of carbonyl (C=O) groups is 2. The Morgan fingerprint density at radius 3 is 2.37 bits per heavy atom. The molecule has 1 N–H and O–H groups in total. The minimum atomic E-state index is -3.80. The molecule has 2 aromatic rings. The van der Waals surface area contributed by atoms with Crippen LogP contribution in [0.2, 0.25) is 0 Å². The molecular formula is C18H17F2NO5S. The molecule has 0 aromatic heterocycles. The van der Waals surface area contributed by atoms with Crippen LogP contribution in [-0.2, 0) is 14.8 Å². The average Bonchev–Trinajstić information content (AvgIpc) is 2.60. The lowest BCUT2D eigenvalue weighted by molar-refractivity contribution is 0.0474. The number of nitrogens with one attached hydrogen (secondary N) is 1. The van der Waals surface area contributed by atoms with Crippen LogP contribution in [0.1, 0.15) is 34.6 Å². The molecule has 0 saturated heterocycles. The normalized spacial score (nSPS) is 11.4. The van der Waals surface area contributed by atoms with Crippen LogP contribution < -0.4 is 4.72 Å². The van der Waals surface area contributed by atoms with E-state index in [1.165, 1.54) is 18.2 Å². The highest BCUT2D eigenvalue weighted by Gasteiger charge is 2.19. The SMILES string of the molecule is CC(C)NS(=O)(=O)c1cccc(C(=O)OCC(=O)c2ccc(F)c(F)c2)c1. The Hall–Kier alpha value is -2.65. The van der Waals surface area contributed by atoms with Crippen molar-refractivity contribution in [3.63, 3.8) is 0 Å². The third-order valence-electron chi connectivity index (χ3n) is 3.35. The van der Waals surface area contributed by atoms with Gasteiger partial charge in [0.25, 0.3) is 0 Å². The number of ketones is 1. The van der Waals surface area contributed by atoms with Crippen molar-refractivity contribution in [2.45, 2.75) is 24.8 Å². The molecule has 0 saturated carbocycles. The number of Topliss-reactive ketones (excluding diaryl/α,β-unsaturated/α-hetero) is 1. The van der Waals surface area contributed by atoms with Gasteiger partial charge in [0.2, 0.25) is 10.0 Å². The number of carbonyl (C=O) groups excluding carboxylic acids is 2. The molecule has 27 heavy (non-hydrogen) atoms. The molecule has 0 spiro atoms. The fraction of sp³-hybridized carbons (Fsp3) is 0.222. The van der Waals surface area contributed by atoms with Gasteiger partial charge in [-0.25, -0.2) is 26.7 Å². The zero-order chi connectivity index (χ0) is 20.2. The lowest BCUT2D eigenvalue weighted by Crippen LogP contribution is -2.30. The molecule has 2 aromatic carbocycles.